The van der Waals surface area contributed by atoms with E-state index in [1.54, 1.807) is 0 Å². The maximum Gasteiger partial charge on any atom is 0.223 e. The summed E-state index contributed by atoms with van der Waals surface area (Å²) >= 11 is 0. The van der Waals surface area contributed by atoms with Gasteiger partial charge in [0, 0.05) is 18.0 Å². The van der Waals surface area contributed by atoms with Crippen molar-refractivity contribution in [2.45, 2.75) is 57.0 Å². The van der Waals surface area contributed by atoms with Crippen molar-refractivity contribution < 1.29 is 4.79 Å². The lowest BCUT2D eigenvalue weighted by molar-refractivity contribution is -0.123. The van der Waals surface area contributed by atoms with Crippen molar-refractivity contribution in [3.63, 3.8) is 0 Å². The molecule has 2 fully saturated rings. The molecule has 1 aromatic carbocycles. The molecular weight excluding hydrogens is 248 g/mol. The van der Waals surface area contributed by atoms with Crippen LogP contribution in [-0.4, -0.2) is 18.0 Å². The zero-order valence-electron chi connectivity index (χ0n) is 12.1. The molecule has 2 atom stereocenters. The average molecular weight is 272 g/mol. The second-order valence-corrected chi connectivity index (χ2v) is 6.43. The maximum absolute atomic E-state index is 12.3. The summed E-state index contributed by atoms with van der Waals surface area (Å²) in [5.74, 6) is 0.868. The highest BCUT2D eigenvalue weighted by Crippen LogP contribution is 2.48. The first-order valence-corrected chi connectivity index (χ1v) is 7.76. The fourth-order valence-electron chi connectivity index (χ4n) is 3.40. The standard InChI is InChI=1S/C17H24N2O/c1-11-4-2-3-5-14(11)15-10-16(15)17(20)19-13-8-6-12(18)7-9-13/h2-5,12-13,15-16H,6-10,18H2,1H3,(H,19,20). The van der Waals surface area contributed by atoms with Crippen molar-refractivity contribution in [2.75, 3.05) is 0 Å². The Morgan fingerprint density at radius 3 is 2.60 bits per heavy atom. The summed E-state index contributed by atoms with van der Waals surface area (Å²) in [6, 6.07) is 9.10. The molecule has 3 heteroatoms. The van der Waals surface area contributed by atoms with Gasteiger partial charge in [-0.1, -0.05) is 24.3 Å². The van der Waals surface area contributed by atoms with Crippen LogP contribution in [0.2, 0.25) is 0 Å². The van der Waals surface area contributed by atoms with E-state index in [4.69, 9.17) is 5.73 Å². The van der Waals surface area contributed by atoms with E-state index in [0.717, 1.165) is 32.1 Å². The number of benzene rings is 1. The van der Waals surface area contributed by atoms with E-state index in [0.29, 0.717) is 18.0 Å². The zero-order valence-corrected chi connectivity index (χ0v) is 12.1. The van der Waals surface area contributed by atoms with Crippen molar-refractivity contribution in [3.05, 3.63) is 35.4 Å². The Bertz CT molecular complexity index is 492. The molecule has 3 nitrogen and oxygen atoms in total. The highest BCUT2D eigenvalue weighted by atomic mass is 16.2. The van der Waals surface area contributed by atoms with Crippen LogP contribution in [0.25, 0.3) is 0 Å². The molecule has 2 unspecified atom stereocenters. The first kappa shape index (κ1) is 13.6. The van der Waals surface area contributed by atoms with Gasteiger partial charge in [-0.3, -0.25) is 4.79 Å². The summed E-state index contributed by atoms with van der Waals surface area (Å²) in [7, 11) is 0. The fraction of sp³-hybridized carbons (Fsp3) is 0.588. The number of nitrogens with one attached hydrogen (secondary N) is 1. The Morgan fingerprint density at radius 2 is 1.90 bits per heavy atom. The molecule has 2 aliphatic rings. The summed E-state index contributed by atoms with van der Waals surface area (Å²) in [6.45, 7) is 2.13. The average Bonchev–Trinajstić information content (AvgIpc) is 3.22. The van der Waals surface area contributed by atoms with Gasteiger partial charge in [-0.05, 0) is 56.1 Å². The van der Waals surface area contributed by atoms with Gasteiger partial charge in [0.05, 0.1) is 0 Å². The SMILES string of the molecule is Cc1ccccc1C1CC1C(=O)NC1CCC(N)CC1. The predicted octanol–water partition coefficient (Wildman–Crippen LogP) is 2.48. The molecule has 108 valence electrons. The zero-order chi connectivity index (χ0) is 14.1. The first-order valence-electron chi connectivity index (χ1n) is 7.76. The van der Waals surface area contributed by atoms with Gasteiger partial charge in [0.2, 0.25) is 5.91 Å². The van der Waals surface area contributed by atoms with Crippen LogP contribution in [-0.2, 0) is 4.79 Å². The van der Waals surface area contributed by atoms with E-state index in [-0.39, 0.29) is 11.8 Å². The van der Waals surface area contributed by atoms with Crippen molar-refractivity contribution in [3.8, 4) is 0 Å². The number of amides is 1. The van der Waals surface area contributed by atoms with E-state index in [9.17, 15) is 4.79 Å². The van der Waals surface area contributed by atoms with E-state index < -0.39 is 0 Å². The van der Waals surface area contributed by atoms with Gasteiger partial charge < -0.3 is 11.1 Å². The second-order valence-electron chi connectivity index (χ2n) is 6.43. The lowest BCUT2D eigenvalue weighted by atomic mass is 9.91. The summed E-state index contributed by atoms with van der Waals surface area (Å²) in [5, 5.41) is 3.23. The van der Waals surface area contributed by atoms with Crippen LogP contribution >= 0.6 is 0 Å². The van der Waals surface area contributed by atoms with Gasteiger partial charge in [0.25, 0.3) is 0 Å². The number of hydrogen-bond donors (Lipinski definition) is 2. The normalized spacial score (nSPS) is 32.7. The fourth-order valence-corrected chi connectivity index (χ4v) is 3.40. The minimum atomic E-state index is 0.187. The highest BCUT2D eigenvalue weighted by Gasteiger charge is 2.44. The maximum atomic E-state index is 12.3. The minimum absolute atomic E-state index is 0.187. The van der Waals surface area contributed by atoms with Gasteiger partial charge >= 0.3 is 0 Å². The molecule has 3 N–H and O–H groups in total. The van der Waals surface area contributed by atoms with Crippen LogP contribution in [0.1, 0.15) is 49.1 Å². The lowest BCUT2D eigenvalue weighted by Gasteiger charge is -2.26. The van der Waals surface area contributed by atoms with Gasteiger partial charge in [-0.25, -0.2) is 0 Å². The van der Waals surface area contributed by atoms with Crippen LogP contribution in [0.3, 0.4) is 0 Å². The van der Waals surface area contributed by atoms with Gasteiger partial charge in [-0.15, -0.1) is 0 Å². The van der Waals surface area contributed by atoms with E-state index in [1.165, 1.54) is 11.1 Å². The topological polar surface area (TPSA) is 55.1 Å². The van der Waals surface area contributed by atoms with Crippen molar-refractivity contribution in [2.24, 2.45) is 11.7 Å². The quantitative estimate of drug-likeness (QED) is 0.888. The molecule has 1 aromatic rings. The Kier molecular flexibility index (Phi) is 3.79. The molecule has 0 bridgehead atoms. The monoisotopic (exact) mass is 272 g/mol. The van der Waals surface area contributed by atoms with Crippen LogP contribution < -0.4 is 11.1 Å². The minimum Gasteiger partial charge on any atom is -0.353 e. The van der Waals surface area contributed by atoms with Crippen LogP contribution in [0.4, 0.5) is 0 Å². The van der Waals surface area contributed by atoms with Gasteiger partial charge in [0.15, 0.2) is 0 Å². The molecule has 0 heterocycles. The third kappa shape index (κ3) is 2.88. The lowest BCUT2D eigenvalue weighted by Crippen LogP contribution is -2.41. The molecule has 0 aromatic heterocycles. The molecule has 2 aliphatic carbocycles. The Labute approximate surface area is 120 Å². The first-order chi connectivity index (χ1) is 9.65. The summed E-state index contributed by atoms with van der Waals surface area (Å²) in [6.07, 6.45) is 5.15. The number of nitrogens with two attached hydrogens (primary N) is 1. The third-order valence-corrected chi connectivity index (χ3v) is 4.83. The van der Waals surface area contributed by atoms with Crippen LogP contribution in [0.15, 0.2) is 24.3 Å². The molecule has 0 aliphatic heterocycles. The third-order valence-electron chi connectivity index (χ3n) is 4.83. The molecule has 20 heavy (non-hydrogen) atoms. The summed E-state index contributed by atoms with van der Waals surface area (Å²) < 4.78 is 0. The summed E-state index contributed by atoms with van der Waals surface area (Å²) in [5.41, 5.74) is 8.55. The molecule has 0 spiro atoms. The van der Waals surface area contributed by atoms with Crippen LogP contribution in [0, 0.1) is 12.8 Å². The smallest absolute Gasteiger partial charge is 0.223 e. The van der Waals surface area contributed by atoms with E-state index in [1.807, 2.05) is 0 Å². The van der Waals surface area contributed by atoms with Gasteiger partial charge in [-0.2, -0.15) is 0 Å². The molecule has 3 rings (SSSR count). The number of aryl methyl sites for hydroxylation is 1. The number of carbonyl (C=O) groups excluding carboxylic acids is 1. The molecule has 0 radical (unpaired) electrons. The van der Waals surface area contributed by atoms with Crippen LogP contribution in [0.5, 0.6) is 0 Å². The number of carbonyl (C=O) groups is 1. The van der Waals surface area contributed by atoms with Gasteiger partial charge in [0.1, 0.15) is 0 Å². The number of rotatable bonds is 3. The largest absolute Gasteiger partial charge is 0.353 e. The van der Waals surface area contributed by atoms with E-state index in [2.05, 4.69) is 36.5 Å². The molecule has 0 saturated heterocycles. The summed E-state index contributed by atoms with van der Waals surface area (Å²) in [4.78, 5) is 12.3. The molecule has 1 amide bonds. The van der Waals surface area contributed by atoms with E-state index >= 15 is 0 Å². The highest BCUT2D eigenvalue weighted by molar-refractivity contribution is 5.83. The Morgan fingerprint density at radius 1 is 1.20 bits per heavy atom. The van der Waals surface area contributed by atoms with Crippen molar-refractivity contribution in [1.29, 1.82) is 0 Å². The second kappa shape index (κ2) is 5.57. The Hall–Kier alpha value is -1.35. The number of hydrogen-bond acceptors (Lipinski definition) is 2. The van der Waals surface area contributed by atoms with Crippen molar-refractivity contribution in [1.82, 2.24) is 5.32 Å². The predicted molar refractivity (Wildman–Crippen MR) is 80.4 cm³/mol. The molecular formula is C17H24N2O. The molecule has 2 saturated carbocycles. The van der Waals surface area contributed by atoms with Crippen molar-refractivity contribution >= 4 is 5.91 Å². The Balaban J connectivity index is 1.54.